The van der Waals surface area contributed by atoms with Crippen LogP contribution in [0.3, 0.4) is 0 Å². The third kappa shape index (κ3) is 2.79. The summed E-state index contributed by atoms with van der Waals surface area (Å²) in [6, 6.07) is 11.0. The Bertz CT molecular complexity index is 972. The van der Waals surface area contributed by atoms with Gasteiger partial charge in [0.1, 0.15) is 5.56 Å². The number of halogens is 1. The fraction of sp³-hybridized carbons (Fsp3) is 0.0588. The van der Waals surface area contributed by atoms with Gasteiger partial charge in [-0.1, -0.05) is 35.9 Å². The van der Waals surface area contributed by atoms with Gasteiger partial charge in [-0.15, -0.1) is 0 Å². The Morgan fingerprint density at radius 2 is 1.96 bits per heavy atom. The zero-order chi connectivity index (χ0) is 17.3. The second-order valence-electron chi connectivity index (χ2n) is 5.19. The molecule has 1 amide bonds. The minimum atomic E-state index is -0.587. The first-order valence-electron chi connectivity index (χ1n) is 7.07. The largest absolute Gasteiger partial charge is 0.320 e. The molecule has 0 aliphatic heterocycles. The summed E-state index contributed by atoms with van der Waals surface area (Å²) < 4.78 is 0. The molecule has 3 rings (SSSR count). The molecule has 0 aliphatic carbocycles. The van der Waals surface area contributed by atoms with E-state index in [-0.39, 0.29) is 11.3 Å². The smallest absolute Gasteiger partial charge is 0.282 e. The first kappa shape index (κ1) is 15.9. The lowest BCUT2D eigenvalue weighted by Crippen LogP contribution is -2.14. The van der Waals surface area contributed by atoms with Crippen molar-refractivity contribution in [2.24, 2.45) is 0 Å². The quantitative estimate of drug-likeness (QED) is 0.566. The lowest BCUT2D eigenvalue weighted by atomic mass is 10.1. The monoisotopic (exact) mass is 341 g/mol. The molecule has 7 heteroatoms. The van der Waals surface area contributed by atoms with E-state index in [2.05, 4.69) is 10.3 Å². The molecule has 6 nitrogen and oxygen atoms in total. The van der Waals surface area contributed by atoms with E-state index in [9.17, 15) is 14.9 Å². The molecule has 2 aromatic carbocycles. The van der Waals surface area contributed by atoms with Crippen molar-refractivity contribution < 1.29 is 9.72 Å². The van der Waals surface area contributed by atoms with Crippen LogP contribution in [0.2, 0.25) is 5.02 Å². The highest BCUT2D eigenvalue weighted by atomic mass is 35.5. The van der Waals surface area contributed by atoms with Crippen LogP contribution >= 0.6 is 11.6 Å². The van der Waals surface area contributed by atoms with Gasteiger partial charge >= 0.3 is 0 Å². The Kier molecular flexibility index (Phi) is 4.14. The van der Waals surface area contributed by atoms with Crippen molar-refractivity contribution in [3.8, 4) is 0 Å². The highest BCUT2D eigenvalue weighted by Gasteiger charge is 2.20. The van der Waals surface area contributed by atoms with Crippen LogP contribution in [-0.4, -0.2) is 15.8 Å². The van der Waals surface area contributed by atoms with Crippen LogP contribution in [0.1, 0.15) is 15.9 Å². The third-order valence-corrected chi connectivity index (χ3v) is 4.10. The molecule has 0 unspecified atom stereocenters. The molecule has 0 saturated carbocycles. The van der Waals surface area contributed by atoms with Crippen molar-refractivity contribution in [3.05, 3.63) is 74.9 Å². The van der Waals surface area contributed by atoms with E-state index in [4.69, 9.17) is 11.6 Å². The average Bonchev–Trinajstić information content (AvgIpc) is 2.58. The maximum Gasteiger partial charge on any atom is 0.282 e. The lowest BCUT2D eigenvalue weighted by Gasteiger charge is -2.10. The molecule has 1 aromatic heterocycles. The number of aromatic nitrogens is 1. The van der Waals surface area contributed by atoms with Crippen LogP contribution < -0.4 is 5.32 Å². The standard InChI is InChI=1S/C17H12ClN3O3/c1-10-9-19-16-12(15(10)18)6-4-7-13(16)20-17(22)11-5-2-3-8-14(11)21(23)24/h2-9H,1H3,(H,20,22). The number of hydrogen-bond donors (Lipinski definition) is 1. The molecule has 0 bridgehead atoms. The van der Waals surface area contributed by atoms with E-state index in [0.29, 0.717) is 21.6 Å². The summed E-state index contributed by atoms with van der Waals surface area (Å²) in [4.78, 5) is 27.3. The highest BCUT2D eigenvalue weighted by Crippen LogP contribution is 2.30. The van der Waals surface area contributed by atoms with Gasteiger partial charge < -0.3 is 5.32 Å². The molecule has 1 N–H and O–H groups in total. The molecule has 0 fully saturated rings. The molecule has 0 aliphatic rings. The van der Waals surface area contributed by atoms with Gasteiger partial charge in [-0.05, 0) is 24.6 Å². The maximum atomic E-state index is 12.5. The van der Waals surface area contributed by atoms with Crippen molar-refractivity contribution >= 4 is 39.8 Å². The van der Waals surface area contributed by atoms with E-state index in [1.807, 2.05) is 6.92 Å². The number of anilines is 1. The molecule has 0 spiro atoms. The van der Waals surface area contributed by atoms with Crippen LogP contribution in [0.25, 0.3) is 10.9 Å². The molecule has 0 saturated heterocycles. The number of aryl methyl sites for hydroxylation is 1. The van der Waals surface area contributed by atoms with Crippen LogP contribution in [0.5, 0.6) is 0 Å². The molecule has 24 heavy (non-hydrogen) atoms. The Morgan fingerprint density at radius 3 is 2.71 bits per heavy atom. The average molecular weight is 342 g/mol. The SMILES string of the molecule is Cc1cnc2c(NC(=O)c3ccccc3[N+](=O)[O-])cccc2c1Cl. The summed E-state index contributed by atoms with van der Waals surface area (Å²) in [6.07, 6.45) is 1.62. The fourth-order valence-corrected chi connectivity index (χ4v) is 2.61. The van der Waals surface area contributed by atoms with Crippen molar-refractivity contribution in [2.45, 2.75) is 6.92 Å². The van der Waals surface area contributed by atoms with Gasteiger partial charge in [0.25, 0.3) is 11.6 Å². The molecular weight excluding hydrogens is 330 g/mol. The van der Waals surface area contributed by atoms with Crippen molar-refractivity contribution in [3.63, 3.8) is 0 Å². The van der Waals surface area contributed by atoms with Crippen molar-refractivity contribution in [2.75, 3.05) is 5.32 Å². The van der Waals surface area contributed by atoms with E-state index in [1.54, 1.807) is 30.5 Å². The number of pyridine rings is 1. The first-order valence-corrected chi connectivity index (χ1v) is 7.45. The topological polar surface area (TPSA) is 85.1 Å². The highest BCUT2D eigenvalue weighted by molar-refractivity contribution is 6.36. The summed E-state index contributed by atoms with van der Waals surface area (Å²) in [6.45, 7) is 1.84. The van der Waals surface area contributed by atoms with Gasteiger partial charge in [-0.25, -0.2) is 0 Å². The van der Waals surface area contributed by atoms with Gasteiger partial charge in [-0.3, -0.25) is 19.9 Å². The minimum Gasteiger partial charge on any atom is -0.320 e. The summed E-state index contributed by atoms with van der Waals surface area (Å²) in [5.41, 5.74) is 1.53. The number of rotatable bonds is 3. The second kappa shape index (κ2) is 6.25. The van der Waals surface area contributed by atoms with Gasteiger partial charge in [0, 0.05) is 17.6 Å². The number of para-hydroxylation sites is 2. The van der Waals surface area contributed by atoms with Gasteiger partial charge in [0.15, 0.2) is 0 Å². The van der Waals surface area contributed by atoms with Crippen molar-refractivity contribution in [1.29, 1.82) is 0 Å². The number of amides is 1. The van der Waals surface area contributed by atoms with Crippen LogP contribution in [0.15, 0.2) is 48.7 Å². The summed E-state index contributed by atoms with van der Waals surface area (Å²) in [7, 11) is 0. The van der Waals surface area contributed by atoms with E-state index in [0.717, 1.165) is 5.56 Å². The first-order chi connectivity index (χ1) is 11.5. The number of carbonyl (C=O) groups excluding carboxylic acids is 1. The number of nitro groups is 1. The summed E-state index contributed by atoms with van der Waals surface area (Å²) in [5, 5.41) is 15.0. The van der Waals surface area contributed by atoms with E-state index < -0.39 is 10.8 Å². The van der Waals surface area contributed by atoms with Crippen LogP contribution in [0.4, 0.5) is 11.4 Å². The molecule has 0 radical (unpaired) electrons. The number of fused-ring (bicyclic) bond motifs is 1. The second-order valence-corrected chi connectivity index (χ2v) is 5.56. The normalized spacial score (nSPS) is 10.6. The van der Waals surface area contributed by atoms with Gasteiger partial charge in [-0.2, -0.15) is 0 Å². The summed E-state index contributed by atoms with van der Waals surface area (Å²) in [5.74, 6) is -0.576. The molecule has 120 valence electrons. The Labute approximate surface area is 142 Å². The number of nitrogens with one attached hydrogen (secondary N) is 1. The number of nitro benzene ring substituents is 1. The number of nitrogens with zero attached hydrogens (tertiary/aromatic N) is 2. The predicted molar refractivity (Wildman–Crippen MR) is 92.5 cm³/mol. The maximum absolute atomic E-state index is 12.5. The molecule has 0 atom stereocenters. The zero-order valence-electron chi connectivity index (χ0n) is 12.6. The Morgan fingerprint density at radius 1 is 1.21 bits per heavy atom. The van der Waals surface area contributed by atoms with Gasteiger partial charge in [0.2, 0.25) is 0 Å². The van der Waals surface area contributed by atoms with E-state index >= 15 is 0 Å². The lowest BCUT2D eigenvalue weighted by molar-refractivity contribution is -0.385. The zero-order valence-corrected chi connectivity index (χ0v) is 13.4. The number of hydrogen-bond acceptors (Lipinski definition) is 4. The molecule has 3 aromatic rings. The van der Waals surface area contributed by atoms with Crippen LogP contribution in [-0.2, 0) is 0 Å². The van der Waals surface area contributed by atoms with E-state index in [1.165, 1.54) is 18.2 Å². The Balaban J connectivity index is 2.04. The minimum absolute atomic E-state index is 0.0160. The molecule has 1 heterocycles. The number of carbonyl (C=O) groups is 1. The van der Waals surface area contributed by atoms with Crippen LogP contribution in [0, 0.1) is 17.0 Å². The fourth-order valence-electron chi connectivity index (χ4n) is 2.41. The third-order valence-electron chi connectivity index (χ3n) is 3.60. The Hall–Kier alpha value is -2.99. The predicted octanol–water partition coefficient (Wildman–Crippen LogP) is 4.36. The number of benzene rings is 2. The van der Waals surface area contributed by atoms with Crippen molar-refractivity contribution in [1.82, 2.24) is 4.98 Å². The molecular formula is C17H12ClN3O3. The summed E-state index contributed by atoms with van der Waals surface area (Å²) >= 11 is 6.28. The van der Waals surface area contributed by atoms with Gasteiger partial charge in [0.05, 0.1) is 21.2 Å².